The van der Waals surface area contributed by atoms with Crippen LogP contribution in [0.2, 0.25) is 0 Å². The highest BCUT2D eigenvalue weighted by Gasteiger charge is 2.33. The summed E-state index contributed by atoms with van der Waals surface area (Å²) in [5.41, 5.74) is 2.04. The van der Waals surface area contributed by atoms with E-state index < -0.39 is 6.04 Å². The summed E-state index contributed by atoms with van der Waals surface area (Å²) in [5, 5.41) is 3.11. The molecular weight excluding hydrogens is 271 g/mol. The van der Waals surface area contributed by atoms with Gasteiger partial charge in [-0.05, 0) is 23.8 Å². The van der Waals surface area contributed by atoms with Crippen LogP contribution in [-0.4, -0.2) is 19.7 Å². The van der Waals surface area contributed by atoms with Crippen molar-refractivity contribution >= 4 is 17.3 Å². The highest BCUT2D eigenvalue weighted by atomic mass is 19.1. The number of amides is 1. The lowest BCUT2D eigenvalue weighted by Crippen LogP contribution is -2.43. The number of methoxy groups -OCH3 is 1. The first-order valence-electron chi connectivity index (χ1n) is 6.62. The summed E-state index contributed by atoms with van der Waals surface area (Å²) in [7, 11) is 1.52. The van der Waals surface area contributed by atoms with Crippen LogP contribution >= 0.6 is 0 Å². The van der Waals surface area contributed by atoms with Crippen LogP contribution in [0, 0.1) is 5.82 Å². The molecule has 2 aromatic rings. The van der Waals surface area contributed by atoms with E-state index in [9.17, 15) is 9.18 Å². The molecule has 1 heterocycles. The Labute approximate surface area is 122 Å². The molecule has 1 N–H and O–H groups in total. The molecule has 21 heavy (non-hydrogen) atoms. The fourth-order valence-corrected chi connectivity index (χ4v) is 2.48. The lowest BCUT2D eigenvalue weighted by Gasteiger charge is -2.35. The van der Waals surface area contributed by atoms with E-state index in [1.165, 1.54) is 24.1 Å². The van der Waals surface area contributed by atoms with Crippen LogP contribution < -0.4 is 10.2 Å². The number of nitrogens with zero attached hydrogens (tertiary/aromatic N) is 1. The van der Waals surface area contributed by atoms with Gasteiger partial charge in [-0.25, -0.2) is 4.39 Å². The van der Waals surface area contributed by atoms with E-state index in [1.54, 1.807) is 6.07 Å². The van der Waals surface area contributed by atoms with E-state index in [0.717, 1.165) is 5.56 Å². The van der Waals surface area contributed by atoms with E-state index in [-0.39, 0.29) is 18.5 Å². The molecule has 0 saturated carbocycles. The first-order valence-corrected chi connectivity index (χ1v) is 6.62. The van der Waals surface area contributed by atoms with E-state index >= 15 is 0 Å². The molecule has 0 spiro atoms. The molecule has 0 radical (unpaired) electrons. The van der Waals surface area contributed by atoms with Crippen molar-refractivity contribution in [3.05, 3.63) is 59.9 Å². The van der Waals surface area contributed by atoms with Gasteiger partial charge in [0.25, 0.3) is 5.91 Å². The van der Waals surface area contributed by atoms with Gasteiger partial charge >= 0.3 is 0 Å². The quantitative estimate of drug-likeness (QED) is 0.943. The second-order valence-corrected chi connectivity index (χ2v) is 4.83. The Balaban J connectivity index is 2.05. The minimum Gasteiger partial charge on any atom is -0.368 e. The van der Waals surface area contributed by atoms with Crippen LogP contribution in [0.3, 0.4) is 0 Å². The Hall–Kier alpha value is -2.40. The number of ether oxygens (including phenoxy) is 1. The second kappa shape index (κ2) is 5.54. The Morgan fingerprint density at radius 3 is 2.71 bits per heavy atom. The van der Waals surface area contributed by atoms with Crippen molar-refractivity contribution in [1.82, 2.24) is 0 Å². The van der Waals surface area contributed by atoms with Gasteiger partial charge in [-0.15, -0.1) is 0 Å². The number of hydrogen-bond donors (Lipinski definition) is 1. The van der Waals surface area contributed by atoms with E-state index in [1.807, 2.05) is 30.3 Å². The standard InChI is InChI=1S/C16H15FN2O2/c1-21-10-19-14-8-7-12(17)9-13(14)18-15(16(19)20)11-5-3-2-4-6-11/h2-9,15,18H,10H2,1H3. The number of carbonyl (C=O) groups is 1. The van der Waals surface area contributed by atoms with Gasteiger partial charge in [-0.1, -0.05) is 30.3 Å². The van der Waals surface area contributed by atoms with Crippen LogP contribution in [0.1, 0.15) is 11.6 Å². The molecule has 0 fully saturated rings. The van der Waals surface area contributed by atoms with Gasteiger partial charge in [0.05, 0.1) is 11.4 Å². The molecule has 1 atom stereocenters. The number of anilines is 2. The zero-order chi connectivity index (χ0) is 14.8. The lowest BCUT2D eigenvalue weighted by molar-refractivity contribution is -0.120. The van der Waals surface area contributed by atoms with Crippen LogP contribution in [-0.2, 0) is 9.53 Å². The third kappa shape index (κ3) is 2.48. The van der Waals surface area contributed by atoms with E-state index in [4.69, 9.17) is 4.74 Å². The van der Waals surface area contributed by atoms with Crippen LogP contribution in [0.4, 0.5) is 15.8 Å². The molecule has 1 unspecified atom stereocenters. The maximum atomic E-state index is 13.5. The second-order valence-electron chi connectivity index (χ2n) is 4.83. The van der Waals surface area contributed by atoms with E-state index in [0.29, 0.717) is 11.4 Å². The number of nitrogens with one attached hydrogen (secondary N) is 1. The number of carbonyl (C=O) groups excluding carboxylic acids is 1. The van der Waals surface area contributed by atoms with Crippen molar-refractivity contribution in [2.24, 2.45) is 0 Å². The fourth-order valence-electron chi connectivity index (χ4n) is 2.48. The molecule has 2 aromatic carbocycles. The molecule has 3 rings (SSSR count). The largest absolute Gasteiger partial charge is 0.368 e. The van der Waals surface area contributed by atoms with Gasteiger partial charge < -0.3 is 10.1 Å². The number of rotatable bonds is 3. The van der Waals surface area contributed by atoms with Crippen molar-refractivity contribution in [2.75, 3.05) is 24.1 Å². The Bertz CT molecular complexity index is 661. The molecule has 5 heteroatoms. The third-order valence-electron chi connectivity index (χ3n) is 3.45. The highest BCUT2D eigenvalue weighted by molar-refractivity contribution is 6.05. The average Bonchev–Trinajstić information content (AvgIpc) is 2.51. The topological polar surface area (TPSA) is 41.6 Å². The van der Waals surface area contributed by atoms with Gasteiger partial charge in [-0.2, -0.15) is 0 Å². The number of halogens is 1. The summed E-state index contributed by atoms with van der Waals surface area (Å²) in [6, 6.07) is 13.1. The normalized spacial score (nSPS) is 17.3. The van der Waals surface area contributed by atoms with Crippen LogP contribution in [0.5, 0.6) is 0 Å². The lowest BCUT2D eigenvalue weighted by atomic mass is 10.0. The van der Waals surface area contributed by atoms with Crippen molar-refractivity contribution in [2.45, 2.75) is 6.04 Å². The fraction of sp³-hybridized carbons (Fsp3) is 0.188. The molecule has 0 aliphatic carbocycles. The zero-order valence-electron chi connectivity index (χ0n) is 11.5. The summed E-state index contributed by atoms with van der Waals surface area (Å²) in [6.07, 6.45) is 0. The monoisotopic (exact) mass is 286 g/mol. The SMILES string of the molecule is COCN1C(=O)C(c2ccccc2)Nc2cc(F)ccc21. The summed E-state index contributed by atoms with van der Waals surface area (Å²) in [5.74, 6) is -0.470. The van der Waals surface area contributed by atoms with Crippen molar-refractivity contribution in [3.63, 3.8) is 0 Å². The minimum absolute atomic E-state index is 0.123. The smallest absolute Gasteiger partial charge is 0.256 e. The molecule has 1 aliphatic heterocycles. The summed E-state index contributed by atoms with van der Waals surface area (Å²) in [6.45, 7) is 0.127. The third-order valence-corrected chi connectivity index (χ3v) is 3.45. The summed E-state index contributed by atoms with van der Waals surface area (Å²) < 4.78 is 18.6. The Morgan fingerprint density at radius 1 is 1.24 bits per heavy atom. The van der Waals surface area contributed by atoms with E-state index in [2.05, 4.69) is 5.32 Å². The molecule has 108 valence electrons. The van der Waals surface area contributed by atoms with Gasteiger partial charge in [0.1, 0.15) is 18.6 Å². The highest BCUT2D eigenvalue weighted by Crippen LogP contribution is 2.36. The van der Waals surface area contributed by atoms with Crippen LogP contribution in [0.25, 0.3) is 0 Å². The van der Waals surface area contributed by atoms with Crippen molar-refractivity contribution < 1.29 is 13.9 Å². The maximum Gasteiger partial charge on any atom is 0.256 e. The zero-order valence-corrected chi connectivity index (χ0v) is 11.5. The first-order chi connectivity index (χ1) is 10.2. The Kier molecular flexibility index (Phi) is 3.58. The predicted octanol–water partition coefficient (Wildman–Crippen LogP) is 2.93. The van der Waals surface area contributed by atoms with Gasteiger partial charge in [0.2, 0.25) is 0 Å². The molecule has 0 aromatic heterocycles. The maximum absolute atomic E-state index is 13.5. The number of benzene rings is 2. The molecular formula is C16H15FN2O2. The molecule has 0 saturated heterocycles. The average molecular weight is 286 g/mol. The number of fused-ring (bicyclic) bond motifs is 1. The molecule has 1 aliphatic rings. The summed E-state index contributed by atoms with van der Waals surface area (Å²) in [4.78, 5) is 14.2. The van der Waals surface area contributed by atoms with Gasteiger partial charge in [0.15, 0.2) is 0 Å². The predicted molar refractivity (Wildman–Crippen MR) is 78.6 cm³/mol. The molecule has 4 nitrogen and oxygen atoms in total. The van der Waals surface area contributed by atoms with Gasteiger partial charge in [-0.3, -0.25) is 9.69 Å². The Morgan fingerprint density at radius 2 is 2.00 bits per heavy atom. The molecule has 1 amide bonds. The number of hydrogen-bond acceptors (Lipinski definition) is 3. The minimum atomic E-state index is -0.546. The molecule has 0 bridgehead atoms. The summed E-state index contributed by atoms with van der Waals surface area (Å²) >= 11 is 0. The van der Waals surface area contributed by atoms with Crippen LogP contribution in [0.15, 0.2) is 48.5 Å². The van der Waals surface area contributed by atoms with Crippen molar-refractivity contribution in [3.8, 4) is 0 Å². The first kappa shape index (κ1) is 13.6. The van der Waals surface area contributed by atoms with Gasteiger partial charge in [0, 0.05) is 7.11 Å². The van der Waals surface area contributed by atoms with Crippen molar-refractivity contribution in [1.29, 1.82) is 0 Å².